The van der Waals surface area contributed by atoms with Crippen LogP contribution in [0, 0.1) is 20.8 Å². The third-order valence-electron chi connectivity index (χ3n) is 4.15. The molecule has 132 valence electrons. The second-order valence-electron chi connectivity index (χ2n) is 6.48. The van der Waals surface area contributed by atoms with Crippen molar-refractivity contribution in [3.8, 4) is 0 Å². The Labute approximate surface area is 149 Å². The average Bonchev–Trinajstić information content (AvgIpc) is 2.57. The Morgan fingerprint density at radius 2 is 1.44 bits per heavy atom. The average molecular weight is 338 g/mol. The van der Waals surface area contributed by atoms with Crippen molar-refractivity contribution in [3.63, 3.8) is 0 Å². The summed E-state index contributed by atoms with van der Waals surface area (Å²) in [5.41, 5.74) is 5.56. The van der Waals surface area contributed by atoms with Crippen molar-refractivity contribution < 1.29 is 9.59 Å². The van der Waals surface area contributed by atoms with Gasteiger partial charge in [-0.2, -0.15) is 0 Å². The molecule has 2 aromatic rings. The number of hydrogen-bond acceptors (Lipinski definition) is 2. The molecule has 0 bridgehead atoms. The lowest BCUT2D eigenvalue weighted by molar-refractivity contribution is -0.133. The highest BCUT2D eigenvalue weighted by molar-refractivity contribution is 6.43. The van der Waals surface area contributed by atoms with Gasteiger partial charge in [-0.1, -0.05) is 43.2 Å². The van der Waals surface area contributed by atoms with Gasteiger partial charge in [0.25, 0.3) is 0 Å². The zero-order chi connectivity index (χ0) is 18.4. The molecule has 0 saturated heterocycles. The van der Waals surface area contributed by atoms with Gasteiger partial charge < -0.3 is 10.6 Å². The number of amides is 2. The van der Waals surface area contributed by atoms with Crippen LogP contribution in [0.5, 0.6) is 0 Å². The van der Waals surface area contributed by atoms with Crippen molar-refractivity contribution in [2.45, 2.75) is 47.0 Å². The Hall–Kier alpha value is -2.62. The van der Waals surface area contributed by atoms with E-state index in [0.717, 1.165) is 36.0 Å². The molecule has 0 heterocycles. The molecule has 4 nitrogen and oxygen atoms in total. The highest BCUT2D eigenvalue weighted by atomic mass is 16.2. The molecule has 2 amide bonds. The SMILES string of the molecule is CCCCc1ccc(NC(=O)C(=O)Nc2c(C)cc(C)cc2C)cc1. The fraction of sp³-hybridized carbons (Fsp3) is 0.333. The van der Waals surface area contributed by atoms with Crippen LogP contribution in [-0.4, -0.2) is 11.8 Å². The van der Waals surface area contributed by atoms with E-state index in [1.54, 1.807) is 0 Å². The molecule has 0 spiro atoms. The predicted molar refractivity (Wildman–Crippen MR) is 103 cm³/mol. The second-order valence-corrected chi connectivity index (χ2v) is 6.48. The molecule has 0 aliphatic rings. The summed E-state index contributed by atoms with van der Waals surface area (Å²) in [5.74, 6) is -1.33. The zero-order valence-corrected chi connectivity index (χ0v) is 15.4. The maximum atomic E-state index is 12.2. The molecule has 0 radical (unpaired) electrons. The number of carbonyl (C=O) groups excluding carboxylic acids is 2. The van der Waals surface area contributed by atoms with Crippen molar-refractivity contribution in [1.29, 1.82) is 0 Å². The molecule has 0 fully saturated rings. The van der Waals surface area contributed by atoms with E-state index in [1.165, 1.54) is 5.56 Å². The number of benzene rings is 2. The summed E-state index contributed by atoms with van der Waals surface area (Å²) >= 11 is 0. The minimum absolute atomic E-state index is 0.623. The van der Waals surface area contributed by atoms with Crippen molar-refractivity contribution in [2.75, 3.05) is 10.6 Å². The van der Waals surface area contributed by atoms with Gasteiger partial charge in [0, 0.05) is 11.4 Å². The summed E-state index contributed by atoms with van der Waals surface area (Å²) in [7, 11) is 0. The number of nitrogens with one attached hydrogen (secondary N) is 2. The number of aryl methyl sites for hydroxylation is 4. The highest BCUT2D eigenvalue weighted by Crippen LogP contribution is 2.22. The van der Waals surface area contributed by atoms with E-state index in [0.29, 0.717) is 11.4 Å². The van der Waals surface area contributed by atoms with Crippen LogP contribution in [0.1, 0.15) is 42.0 Å². The first-order valence-corrected chi connectivity index (χ1v) is 8.69. The van der Waals surface area contributed by atoms with Gasteiger partial charge >= 0.3 is 11.8 Å². The molecule has 25 heavy (non-hydrogen) atoms. The van der Waals surface area contributed by atoms with Crippen LogP contribution in [0.3, 0.4) is 0 Å². The standard InChI is InChI=1S/C21H26N2O2/c1-5-6-7-17-8-10-18(11-9-17)22-20(24)21(25)23-19-15(3)12-14(2)13-16(19)4/h8-13H,5-7H2,1-4H3,(H,22,24)(H,23,25). The van der Waals surface area contributed by atoms with Crippen LogP contribution < -0.4 is 10.6 Å². The lowest BCUT2D eigenvalue weighted by atomic mass is 10.1. The Kier molecular flexibility index (Phi) is 6.34. The summed E-state index contributed by atoms with van der Waals surface area (Å²) in [6, 6.07) is 11.6. The van der Waals surface area contributed by atoms with Crippen LogP contribution in [-0.2, 0) is 16.0 Å². The van der Waals surface area contributed by atoms with Gasteiger partial charge in [0.05, 0.1) is 0 Å². The lowest BCUT2D eigenvalue weighted by Gasteiger charge is -2.13. The molecular formula is C21H26N2O2. The van der Waals surface area contributed by atoms with Crippen molar-refractivity contribution in [1.82, 2.24) is 0 Å². The van der Waals surface area contributed by atoms with Gasteiger partial charge in [0.1, 0.15) is 0 Å². The Balaban J connectivity index is 2.00. The maximum absolute atomic E-state index is 12.2. The lowest BCUT2D eigenvalue weighted by Crippen LogP contribution is -2.29. The van der Waals surface area contributed by atoms with Crippen LogP contribution in [0.25, 0.3) is 0 Å². The van der Waals surface area contributed by atoms with Crippen LogP contribution in [0.4, 0.5) is 11.4 Å². The molecule has 0 saturated carbocycles. The number of unbranched alkanes of at least 4 members (excludes halogenated alkanes) is 1. The Morgan fingerprint density at radius 3 is 2.00 bits per heavy atom. The number of anilines is 2. The van der Waals surface area contributed by atoms with Gasteiger partial charge in [-0.05, 0) is 62.4 Å². The van der Waals surface area contributed by atoms with Crippen molar-refractivity contribution >= 4 is 23.2 Å². The third kappa shape index (κ3) is 5.18. The molecule has 0 unspecified atom stereocenters. The quantitative estimate of drug-likeness (QED) is 0.787. The predicted octanol–water partition coefficient (Wildman–Crippen LogP) is 4.53. The van der Waals surface area contributed by atoms with E-state index in [2.05, 4.69) is 17.6 Å². The topological polar surface area (TPSA) is 58.2 Å². The first-order chi connectivity index (χ1) is 11.9. The van der Waals surface area contributed by atoms with Crippen molar-refractivity contribution in [2.24, 2.45) is 0 Å². The van der Waals surface area contributed by atoms with E-state index >= 15 is 0 Å². The molecule has 2 rings (SSSR count). The van der Waals surface area contributed by atoms with E-state index in [9.17, 15) is 9.59 Å². The monoisotopic (exact) mass is 338 g/mol. The van der Waals surface area contributed by atoms with E-state index in [-0.39, 0.29) is 0 Å². The highest BCUT2D eigenvalue weighted by Gasteiger charge is 2.16. The first-order valence-electron chi connectivity index (χ1n) is 8.69. The van der Waals surface area contributed by atoms with Crippen LogP contribution in [0.15, 0.2) is 36.4 Å². The molecular weight excluding hydrogens is 312 g/mol. The normalized spacial score (nSPS) is 10.4. The van der Waals surface area contributed by atoms with E-state index in [1.807, 2.05) is 57.2 Å². The molecule has 0 aromatic heterocycles. The summed E-state index contributed by atoms with van der Waals surface area (Å²) in [5, 5.41) is 5.36. The van der Waals surface area contributed by atoms with Gasteiger partial charge in [-0.3, -0.25) is 9.59 Å². The molecule has 2 N–H and O–H groups in total. The fourth-order valence-corrected chi connectivity index (χ4v) is 2.87. The van der Waals surface area contributed by atoms with Gasteiger partial charge in [-0.25, -0.2) is 0 Å². The summed E-state index contributed by atoms with van der Waals surface area (Å²) in [6.45, 7) is 8.00. The Morgan fingerprint density at radius 1 is 0.880 bits per heavy atom. The fourth-order valence-electron chi connectivity index (χ4n) is 2.87. The molecule has 0 atom stereocenters. The smallest absolute Gasteiger partial charge is 0.314 e. The molecule has 0 aliphatic heterocycles. The number of hydrogen-bond donors (Lipinski definition) is 2. The van der Waals surface area contributed by atoms with Crippen molar-refractivity contribution in [3.05, 3.63) is 58.7 Å². The molecule has 2 aromatic carbocycles. The van der Waals surface area contributed by atoms with Crippen LogP contribution >= 0.6 is 0 Å². The number of rotatable bonds is 5. The maximum Gasteiger partial charge on any atom is 0.314 e. The van der Waals surface area contributed by atoms with E-state index < -0.39 is 11.8 Å². The largest absolute Gasteiger partial charge is 0.318 e. The van der Waals surface area contributed by atoms with E-state index in [4.69, 9.17) is 0 Å². The zero-order valence-electron chi connectivity index (χ0n) is 15.4. The first kappa shape index (κ1) is 18.7. The third-order valence-corrected chi connectivity index (χ3v) is 4.15. The molecule has 0 aliphatic carbocycles. The second kappa shape index (κ2) is 8.47. The molecule has 4 heteroatoms. The van der Waals surface area contributed by atoms with Gasteiger partial charge in [0.2, 0.25) is 0 Å². The van der Waals surface area contributed by atoms with Gasteiger partial charge in [0.15, 0.2) is 0 Å². The summed E-state index contributed by atoms with van der Waals surface area (Å²) in [6.07, 6.45) is 3.32. The Bertz CT molecular complexity index is 741. The number of carbonyl (C=O) groups is 2. The summed E-state index contributed by atoms with van der Waals surface area (Å²) in [4.78, 5) is 24.3. The summed E-state index contributed by atoms with van der Waals surface area (Å²) < 4.78 is 0. The van der Waals surface area contributed by atoms with Crippen LogP contribution in [0.2, 0.25) is 0 Å². The minimum atomic E-state index is -0.666. The van der Waals surface area contributed by atoms with Gasteiger partial charge in [-0.15, -0.1) is 0 Å². The minimum Gasteiger partial charge on any atom is -0.318 e.